The first-order valence-corrected chi connectivity index (χ1v) is 7.16. The normalized spacial score (nSPS) is 38.4. The molecule has 3 fully saturated rings. The number of amides is 1. The van der Waals surface area contributed by atoms with E-state index in [1.54, 1.807) is 14.2 Å². The zero-order valence-corrected chi connectivity index (χ0v) is 11.4. The van der Waals surface area contributed by atoms with Crippen LogP contribution in [0.1, 0.15) is 38.5 Å². The summed E-state index contributed by atoms with van der Waals surface area (Å²) in [6, 6.07) is 0.355. The largest absolute Gasteiger partial charge is 0.345 e. The first-order chi connectivity index (χ1) is 8.74. The first kappa shape index (κ1) is 12.4. The lowest BCUT2D eigenvalue weighted by Crippen LogP contribution is -2.48. The lowest BCUT2D eigenvalue weighted by molar-refractivity contribution is -0.225. The lowest BCUT2D eigenvalue weighted by atomic mass is 9.74. The molecule has 4 nitrogen and oxygen atoms in total. The molecule has 0 spiro atoms. The van der Waals surface area contributed by atoms with Crippen molar-refractivity contribution >= 4 is 5.91 Å². The number of hydrogen-bond donors (Lipinski definition) is 0. The van der Waals surface area contributed by atoms with Crippen LogP contribution < -0.4 is 0 Å². The van der Waals surface area contributed by atoms with Crippen molar-refractivity contribution in [1.82, 2.24) is 4.90 Å². The van der Waals surface area contributed by atoms with E-state index >= 15 is 0 Å². The van der Waals surface area contributed by atoms with Crippen molar-refractivity contribution in [3.8, 4) is 0 Å². The van der Waals surface area contributed by atoms with Gasteiger partial charge in [0.05, 0.1) is 0 Å². The number of methoxy groups -OCH3 is 2. The van der Waals surface area contributed by atoms with E-state index in [1.165, 1.54) is 25.7 Å². The van der Waals surface area contributed by atoms with Crippen LogP contribution >= 0.6 is 0 Å². The average Bonchev–Trinajstić information content (AvgIpc) is 2.56. The Labute approximate surface area is 109 Å². The SMILES string of the molecule is COC1(OC)C(=O)N2CCCC[C@@H]3CCC[C@@H]1[C@@H]32. The smallest absolute Gasteiger partial charge is 0.283 e. The number of carbonyl (C=O) groups is 1. The van der Waals surface area contributed by atoms with Crippen molar-refractivity contribution in [2.75, 3.05) is 20.8 Å². The van der Waals surface area contributed by atoms with Gasteiger partial charge < -0.3 is 14.4 Å². The van der Waals surface area contributed by atoms with Crippen LogP contribution in [0.2, 0.25) is 0 Å². The summed E-state index contributed by atoms with van der Waals surface area (Å²) in [6.45, 7) is 0.880. The maximum Gasteiger partial charge on any atom is 0.283 e. The van der Waals surface area contributed by atoms with Crippen LogP contribution in [0.25, 0.3) is 0 Å². The molecule has 102 valence electrons. The van der Waals surface area contributed by atoms with Gasteiger partial charge in [0.25, 0.3) is 11.7 Å². The topological polar surface area (TPSA) is 38.8 Å². The Morgan fingerprint density at radius 1 is 1.11 bits per heavy atom. The molecule has 0 bridgehead atoms. The fourth-order valence-electron chi connectivity index (χ4n) is 4.47. The molecule has 1 amide bonds. The van der Waals surface area contributed by atoms with E-state index < -0.39 is 5.79 Å². The van der Waals surface area contributed by atoms with E-state index in [0.29, 0.717) is 12.0 Å². The van der Waals surface area contributed by atoms with Crippen LogP contribution in [-0.4, -0.2) is 43.4 Å². The zero-order chi connectivity index (χ0) is 12.8. The van der Waals surface area contributed by atoms with E-state index in [1.807, 2.05) is 0 Å². The third-order valence-electron chi connectivity index (χ3n) is 5.22. The second kappa shape index (κ2) is 4.49. The summed E-state index contributed by atoms with van der Waals surface area (Å²) >= 11 is 0. The number of ether oxygens (including phenoxy) is 2. The molecule has 1 aliphatic carbocycles. The Hall–Kier alpha value is -0.610. The summed E-state index contributed by atoms with van der Waals surface area (Å²) < 4.78 is 11.1. The summed E-state index contributed by atoms with van der Waals surface area (Å²) in [5, 5.41) is 0. The molecule has 2 aliphatic heterocycles. The quantitative estimate of drug-likeness (QED) is 0.704. The van der Waals surface area contributed by atoms with Gasteiger partial charge in [-0.25, -0.2) is 0 Å². The first-order valence-electron chi connectivity index (χ1n) is 7.16. The van der Waals surface area contributed by atoms with Gasteiger partial charge in [-0.05, 0) is 31.6 Å². The highest BCUT2D eigenvalue weighted by Crippen LogP contribution is 2.49. The standard InChI is InChI=1S/C14H23NO3/c1-17-14(18-2)11-8-5-7-10-6-3-4-9-15(12(10)11)13(14)16/h10-12H,3-9H2,1-2H3/t10-,11-,12-/m1/s1. The van der Waals surface area contributed by atoms with Crippen LogP contribution in [0.15, 0.2) is 0 Å². The molecule has 0 radical (unpaired) electrons. The van der Waals surface area contributed by atoms with Gasteiger partial charge in [-0.15, -0.1) is 0 Å². The number of hydrogen-bond acceptors (Lipinski definition) is 3. The van der Waals surface area contributed by atoms with Crippen LogP contribution in [-0.2, 0) is 14.3 Å². The summed E-state index contributed by atoms with van der Waals surface area (Å²) in [6.07, 6.45) is 7.13. The molecule has 0 aromatic heterocycles. The molecule has 0 unspecified atom stereocenters. The van der Waals surface area contributed by atoms with Gasteiger partial charge >= 0.3 is 0 Å². The molecule has 3 atom stereocenters. The van der Waals surface area contributed by atoms with Crippen LogP contribution in [0, 0.1) is 11.8 Å². The van der Waals surface area contributed by atoms with Crippen molar-refractivity contribution in [2.45, 2.75) is 50.4 Å². The average molecular weight is 253 g/mol. The van der Waals surface area contributed by atoms with Crippen molar-refractivity contribution in [2.24, 2.45) is 11.8 Å². The molecule has 0 N–H and O–H groups in total. The molecule has 0 aromatic rings. The molecule has 18 heavy (non-hydrogen) atoms. The lowest BCUT2D eigenvalue weighted by Gasteiger charge is -2.38. The maximum atomic E-state index is 12.7. The molecule has 2 saturated heterocycles. The molecular formula is C14H23NO3. The maximum absolute atomic E-state index is 12.7. The second-order valence-corrected chi connectivity index (χ2v) is 5.86. The van der Waals surface area contributed by atoms with E-state index in [0.717, 1.165) is 19.4 Å². The third-order valence-corrected chi connectivity index (χ3v) is 5.22. The van der Waals surface area contributed by atoms with Crippen LogP contribution in [0.4, 0.5) is 0 Å². The molecule has 3 aliphatic rings. The molecule has 0 aromatic carbocycles. The highest BCUT2D eigenvalue weighted by molar-refractivity contribution is 5.87. The summed E-state index contributed by atoms with van der Waals surface area (Å²) in [4.78, 5) is 14.8. The summed E-state index contributed by atoms with van der Waals surface area (Å²) in [5.74, 6) is -0.0590. The van der Waals surface area contributed by atoms with Gasteiger partial charge in [0.2, 0.25) is 0 Å². The molecule has 2 heterocycles. The van der Waals surface area contributed by atoms with Crippen molar-refractivity contribution < 1.29 is 14.3 Å². The Balaban J connectivity index is 2.01. The summed E-state index contributed by atoms with van der Waals surface area (Å²) in [5.41, 5.74) is 0. The Morgan fingerprint density at radius 2 is 1.83 bits per heavy atom. The number of rotatable bonds is 2. The van der Waals surface area contributed by atoms with E-state index in [-0.39, 0.29) is 11.8 Å². The van der Waals surface area contributed by atoms with E-state index in [9.17, 15) is 4.79 Å². The zero-order valence-electron chi connectivity index (χ0n) is 11.4. The van der Waals surface area contributed by atoms with Crippen molar-refractivity contribution in [3.05, 3.63) is 0 Å². The summed E-state index contributed by atoms with van der Waals surface area (Å²) in [7, 11) is 3.22. The minimum absolute atomic E-state index is 0.0660. The van der Waals surface area contributed by atoms with Gasteiger partial charge in [-0.1, -0.05) is 12.8 Å². The Bertz CT molecular complexity index is 340. The fourth-order valence-corrected chi connectivity index (χ4v) is 4.47. The van der Waals surface area contributed by atoms with Gasteiger partial charge in [0, 0.05) is 32.7 Å². The minimum atomic E-state index is -0.999. The van der Waals surface area contributed by atoms with Gasteiger partial charge in [0.1, 0.15) is 0 Å². The van der Waals surface area contributed by atoms with E-state index in [2.05, 4.69) is 4.90 Å². The highest BCUT2D eigenvalue weighted by atomic mass is 16.7. The molecule has 1 saturated carbocycles. The predicted octanol–water partition coefficient (Wildman–Crippen LogP) is 1.79. The Kier molecular flexibility index (Phi) is 3.10. The van der Waals surface area contributed by atoms with E-state index in [4.69, 9.17) is 9.47 Å². The third kappa shape index (κ3) is 1.48. The highest BCUT2D eigenvalue weighted by Gasteiger charge is 2.63. The molecular weight excluding hydrogens is 230 g/mol. The van der Waals surface area contributed by atoms with Crippen molar-refractivity contribution in [1.29, 1.82) is 0 Å². The predicted molar refractivity (Wildman–Crippen MR) is 66.9 cm³/mol. The monoisotopic (exact) mass is 253 g/mol. The number of nitrogens with zero attached hydrogens (tertiary/aromatic N) is 1. The number of carbonyl (C=O) groups excluding carboxylic acids is 1. The van der Waals surface area contributed by atoms with Gasteiger partial charge in [0.15, 0.2) is 0 Å². The van der Waals surface area contributed by atoms with Crippen LogP contribution in [0.3, 0.4) is 0 Å². The van der Waals surface area contributed by atoms with Gasteiger partial charge in [-0.2, -0.15) is 0 Å². The van der Waals surface area contributed by atoms with Gasteiger partial charge in [-0.3, -0.25) is 4.79 Å². The molecule has 3 rings (SSSR count). The second-order valence-electron chi connectivity index (χ2n) is 5.86. The minimum Gasteiger partial charge on any atom is -0.345 e. The fraction of sp³-hybridized carbons (Fsp3) is 0.929. The van der Waals surface area contributed by atoms with Crippen molar-refractivity contribution in [3.63, 3.8) is 0 Å². The Morgan fingerprint density at radius 3 is 2.56 bits per heavy atom. The molecule has 4 heteroatoms. The van der Waals surface area contributed by atoms with Crippen LogP contribution in [0.5, 0.6) is 0 Å².